The van der Waals surface area contributed by atoms with Gasteiger partial charge in [0.25, 0.3) is 0 Å². The molecule has 3 nitrogen and oxygen atoms in total. The lowest BCUT2D eigenvalue weighted by molar-refractivity contribution is -0.121. The SMILES string of the molecule is CNNC(=O)CCc1sccc1C. The quantitative estimate of drug-likeness (QED) is 0.715. The number of hydrogen-bond acceptors (Lipinski definition) is 3. The first-order valence-corrected chi connectivity index (χ1v) is 5.10. The van der Waals surface area contributed by atoms with E-state index < -0.39 is 0 Å². The second kappa shape index (κ2) is 4.99. The van der Waals surface area contributed by atoms with Crippen molar-refractivity contribution in [1.82, 2.24) is 10.9 Å². The molecule has 4 heteroatoms. The zero-order valence-electron chi connectivity index (χ0n) is 7.89. The predicted octanol–water partition coefficient (Wildman–Crippen LogP) is 1.24. The van der Waals surface area contributed by atoms with E-state index in [4.69, 9.17) is 0 Å². The molecule has 1 rings (SSSR count). The number of amides is 1. The molecule has 0 atom stereocenters. The lowest BCUT2D eigenvalue weighted by Gasteiger charge is -2.01. The average Bonchev–Trinajstić information content (AvgIpc) is 2.48. The molecule has 1 heterocycles. The van der Waals surface area contributed by atoms with Gasteiger partial charge in [0.2, 0.25) is 5.91 Å². The van der Waals surface area contributed by atoms with Crippen LogP contribution in [0.5, 0.6) is 0 Å². The van der Waals surface area contributed by atoms with Crippen molar-refractivity contribution in [2.24, 2.45) is 0 Å². The van der Waals surface area contributed by atoms with E-state index in [-0.39, 0.29) is 5.91 Å². The standard InChI is InChI=1S/C9H14N2OS/c1-7-5-6-13-8(7)3-4-9(12)11-10-2/h5-6,10H,3-4H2,1-2H3,(H,11,12). The average molecular weight is 198 g/mol. The Morgan fingerprint density at radius 3 is 2.92 bits per heavy atom. The summed E-state index contributed by atoms with van der Waals surface area (Å²) in [5, 5.41) is 2.06. The summed E-state index contributed by atoms with van der Waals surface area (Å²) in [5.74, 6) is 0.0373. The summed E-state index contributed by atoms with van der Waals surface area (Å²) in [6.07, 6.45) is 1.37. The van der Waals surface area contributed by atoms with Gasteiger partial charge >= 0.3 is 0 Å². The Morgan fingerprint density at radius 1 is 1.62 bits per heavy atom. The summed E-state index contributed by atoms with van der Waals surface area (Å²) in [4.78, 5) is 12.4. The molecule has 0 radical (unpaired) electrons. The minimum absolute atomic E-state index is 0.0373. The maximum absolute atomic E-state index is 11.1. The second-order valence-corrected chi connectivity index (χ2v) is 3.83. The fourth-order valence-electron chi connectivity index (χ4n) is 1.09. The Kier molecular flexibility index (Phi) is 3.92. The van der Waals surface area contributed by atoms with E-state index >= 15 is 0 Å². The van der Waals surface area contributed by atoms with Gasteiger partial charge in [0.1, 0.15) is 0 Å². The molecule has 0 aromatic carbocycles. The number of nitrogens with one attached hydrogen (secondary N) is 2. The normalized spacial score (nSPS) is 10.0. The first-order chi connectivity index (χ1) is 6.24. The number of carbonyl (C=O) groups is 1. The van der Waals surface area contributed by atoms with Crippen LogP contribution in [0, 0.1) is 6.92 Å². The van der Waals surface area contributed by atoms with Gasteiger partial charge in [-0.05, 0) is 30.4 Å². The molecule has 0 aliphatic heterocycles. The van der Waals surface area contributed by atoms with Gasteiger partial charge in [-0.2, -0.15) is 0 Å². The Labute approximate surface area is 82.1 Å². The van der Waals surface area contributed by atoms with E-state index in [1.807, 2.05) is 0 Å². The molecular weight excluding hydrogens is 184 g/mol. The minimum Gasteiger partial charge on any atom is -0.292 e. The first-order valence-electron chi connectivity index (χ1n) is 4.22. The topological polar surface area (TPSA) is 41.1 Å². The van der Waals surface area contributed by atoms with Crippen LogP contribution in [0.4, 0.5) is 0 Å². The lowest BCUT2D eigenvalue weighted by atomic mass is 10.2. The van der Waals surface area contributed by atoms with Gasteiger partial charge in [0.15, 0.2) is 0 Å². The van der Waals surface area contributed by atoms with Crippen LogP contribution in [0.25, 0.3) is 0 Å². The molecule has 0 aliphatic rings. The van der Waals surface area contributed by atoms with Gasteiger partial charge in [-0.25, -0.2) is 5.43 Å². The smallest absolute Gasteiger partial charge is 0.234 e. The summed E-state index contributed by atoms with van der Waals surface area (Å²) >= 11 is 1.71. The number of thiophene rings is 1. The van der Waals surface area contributed by atoms with Gasteiger partial charge in [-0.3, -0.25) is 10.2 Å². The van der Waals surface area contributed by atoms with Crippen LogP contribution < -0.4 is 10.9 Å². The van der Waals surface area contributed by atoms with Crippen LogP contribution in [0.15, 0.2) is 11.4 Å². The molecular formula is C9H14N2OS. The highest BCUT2D eigenvalue weighted by molar-refractivity contribution is 7.10. The maximum atomic E-state index is 11.1. The Hall–Kier alpha value is -0.870. The van der Waals surface area contributed by atoms with Crippen LogP contribution >= 0.6 is 11.3 Å². The fraction of sp³-hybridized carbons (Fsp3) is 0.444. The van der Waals surface area contributed by atoms with Gasteiger partial charge in [-0.1, -0.05) is 0 Å². The Balaban J connectivity index is 2.35. The van der Waals surface area contributed by atoms with Crippen LogP contribution in [-0.2, 0) is 11.2 Å². The third kappa shape index (κ3) is 3.16. The Morgan fingerprint density at radius 2 is 2.38 bits per heavy atom. The highest BCUT2D eigenvalue weighted by Gasteiger charge is 2.03. The van der Waals surface area contributed by atoms with Gasteiger partial charge in [-0.15, -0.1) is 11.3 Å². The number of hydrogen-bond donors (Lipinski definition) is 2. The first kappa shape index (κ1) is 10.2. The molecule has 0 saturated carbocycles. The van der Waals surface area contributed by atoms with Gasteiger partial charge in [0, 0.05) is 18.3 Å². The fourth-order valence-corrected chi connectivity index (χ4v) is 2.00. The van der Waals surface area contributed by atoms with Crippen LogP contribution in [0.1, 0.15) is 16.9 Å². The van der Waals surface area contributed by atoms with E-state index in [1.54, 1.807) is 18.4 Å². The van der Waals surface area contributed by atoms with Crippen molar-refractivity contribution in [2.75, 3.05) is 7.05 Å². The van der Waals surface area contributed by atoms with E-state index in [0.717, 1.165) is 6.42 Å². The molecule has 0 spiro atoms. The number of carbonyl (C=O) groups excluding carboxylic acids is 1. The largest absolute Gasteiger partial charge is 0.292 e. The van der Waals surface area contributed by atoms with Crippen LogP contribution in [0.2, 0.25) is 0 Å². The summed E-state index contributed by atoms with van der Waals surface area (Å²) in [5.41, 5.74) is 6.44. The number of hydrazine groups is 1. The maximum Gasteiger partial charge on any atom is 0.234 e. The summed E-state index contributed by atoms with van der Waals surface area (Å²) < 4.78 is 0. The molecule has 1 aromatic rings. The third-order valence-corrected chi connectivity index (χ3v) is 2.89. The third-order valence-electron chi connectivity index (χ3n) is 1.81. The van der Waals surface area contributed by atoms with Crippen molar-refractivity contribution in [3.8, 4) is 0 Å². The molecule has 0 aliphatic carbocycles. The van der Waals surface area contributed by atoms with Gasteiger partial charge < -0.3 is 0 Å². The second-order valence-electron chi connectivity index (χ2n) is 2.82. The van der Waals surface area contributed by atoms with Crippen molar-refractivity contribution in [2.45, 2.75) is 19.8 Å². The molecule has 13 heavy (non-hydrogen) atoms. The van der Waals surface area contributed by atoms with E-state index in [0.29, 0.717) is 6.42 Å². The van der Waals surface area contributed by atoms with E-state index in [2.05, 4.69) is 29.2 Å². The lowest BCUT2D eigenvalue weighted by Crippen LogP contribution is -2.34. The molecule has 0 saturated heterocycles. The van der Waals surface area contributed by atoms with Crippen molar-refractivity contribution < 1.29 is 4.79 Å². The molecule has 1 amide bonds. The monoisotopic (exact) mass is 198 g/mol. The van der Waals surface area contributed by atoms with Gasteiger partial charge in [0.05, 0.1) is 0 Å². The highest BCUT2D eigenvalue weighted by Crippen LogP contribution is 2.16. The predicted molar refractivity (Wildman–Crippen MR) is 54.6 cm³/mol. The molecule has 0 bridgehead atoms. The van der Waals surface area contributed by atoms with E-state index in [9.17, 15) is 4.79 Å². The number of aryl methyl sites for hydroxylation is 2. The van der Waals surface area contributed by atoms with Crippen LogP contribution in [-0.4, -0.2) is 13.0 Å². The molecule has 0 unspecified atom stereocenters. The summed E-state index contributed by atoms with van der Waals surface area (Å²) in [7, 11) is 1.69. The van der Waals surface area contributed by atoms with Crippen molar-refractivity contribution in [3.05, 3.63) is 21.9 Å². The molecule has 1 aromatic heterocycles. The number of rotatable bonds is 4. The summed E-state index contributed by atoms with van der Waals surface area (Å²) in [6, 6.07) is 2.08. The molecule has 2 N–H and O–H groups in total. The van der Waals surface area contributed by atoms with Crippen molar-refractivity contribution in [1.29, 1.82) is 0 Å². The zero-order chi connectivity index (χ0) is 9.68. The van der Waals surface area contributed by atoms with E-state index in [1.165, 1.54) is 10.4 Å². The minimum atomic E-state index is 0.0373. The zero-order valence-corrected chi connectivity index (χ0v) is 8.70. The summed E-state index contributed by atoms with van der Waals surface area (Å²) in [6.45, 7) is 2.07. The highest BCUT2D eigenvalue weighted by atomic mass is 32.1. The van der Waals surface area contributed by atoms with Crippen molar-refractivity contribution >= 4 is 17.2 Å². The van der Waals surface area contributed by atoms with Crippen molar-refractivity contribution in [3.63, 3.8) is 0 Å². The molecule has 0 fully saturated rings. The molecule has 72 valence electrons. The van der Waals surface area contributed by atoms with Crippen LogP contribution in [0.3, 0.4) is 0 Å². The Bertz CT molecular complexity index is 283.